The topological polar surface area (TPSA) is 41.6 Å². The van der Waals surface area contributed by atoms with Gasteiger partial charge in [-0.3, -0.25) is 4.79 Å². The van der Waals surface area contributed by atoms with Gasteiger partial charge in [-0.05, 0) is 29.8 Å². The van der Waals surface area contributed by atoms with Crippen LogP contribution in [0, 0.1) is 0 Å². The Kier molecular flexibility index (Phi) is 3.36. The predicted molar refractivity (Wildman–Crippen MR) is 76.8 cm³/mol. The number of carbonyl (C=O) groups excluding carboxylic acids is 1. The summed E-state index contributed by atoms with van der Waals surface area (Å²) < 4.78 is 6.47. The standard InChI is InChI=1S/C15H12BrNO2/c16-11-8-6-10(7-9-11)13-14(19-13)15(18)17-12-4-2-1-3-5-12/h1-9,13-14H,(H,17,18)/t13-,14-/m1/s1. The number of nitrogens with one attached hydrogen (secondary N) is 1. The van der Waals surface area contributed by atoms with Gasteiger partial charge in [-0.1, -0.05) is 46.3 Å². The van der Waals surface area contributed by atoms with Crippen molar-refractivity contribution in [1.82, 2.24) is 0 Å². The molecule has 1 N–H and O–H groups in total. The average molecular weight is 318 g/mol. The number of rotatable bonds is 3. The molecule has 0 radical (unpaired) electrons. The highest BCUT2D eigenvalue weighted by molar-refractivity contribution is 9.10. The van der Waals surface area contributed by atoms with E-state index in [9.17, 15) is 4.79 Å². The fourth-order valence-electron chi connectivity index (χ4n) is 1.95. The number of carbonyl (C=O) groups is 1. The van der Waals surface area contributed by atoms with Gasteiger partial charge in [-0.15, -0.1) is 0 Å². The van der Waals surface area contributed by atoms with E-state index >= 15 is 0 Å². The molecule has 0 spiro atoms. The molecular weight excluding hydrogens is 306 g/mol. The summed E-state index contributed by atoms with van der Waals surface area (Å²) in [7, 11) is 0. The van der Waals surface area contributed by atoms with Gasteiger partial charge in [0.25, 0.3) is 5.91 Å². The zero-order valence-corrected chi connectivity index (χ0v) is 11.6. The molecule has 1 aliphatic rings. The van der Waals surface area contributed by atoms with Gasteiger partial charge < -0.3 is 10.1 Å². The Morgan fingerprint density at radius 3 is 2.42 bits per heavy atom. The highest BCUT2D eigenvalue weighted by Gasteiger charge is 2.46. The lowest BCUT2D eigenvalue weighted by atomic mass is 10.1. The van der Waals surface area contributed by atoms with Crippen LogP contribution in [-0.4, -0.2) is 12.0 Å². The summed E-state index contributed by atoms with van der Waals surface area (Å²) in [5.41, 5.74) is 1.81. The molecule has 2 aromatic rings. The van der Waals surface area contributed by atoms with Crippen LogP contribution in [0.1, 0.15) is 11.7 Å². The summed E-state index contributed by atoms with van der Waals surface area (Å²) in [5.74, 6) is -0.0980. The first-order chi connectivity index (χ1) is 9.24. The predicted octanol–water partition coefficient (Wildman–Crippen LogP) is 3.53. The second-order valence-corrected chi connectivity index (χ2v) is 5.30. The van der Waals surface area contributed by atoms with Crippen LogP contribution in [0.4, 0.5) is 5.69 Å². The summed E-state index contributed by atoms with van der Waals surface area (Å²) in [5, 5.41) is 2.84. The van der Waals surface area contributed by atoms with Gasteiger partial charge in [0, 0.05) is 10.2 Å². The van der Waals surface area contributed by atoms with Gasteiger partial charge in [-0.2, -0.15) is 0 Å². The Balaban J connectivity index is 1.63. The number of para-hydroxylation sites is 1. The molecule has 19 heavy (non-hydrogen) atoms. The third-order valence-corrected chi connectivity index (χ3v) is 3.52. The van der Waals surface area contributed by atoms with Crippen molar-refractivity contribution in [3.05, 3.63) is 64.6 Å². The number of epoxide rings is 1. The van der Waals surface area contributed by atoms with Crippen LogP contribution >= 0.6 is 15.9 Å². The van der Waals surface area contributed by atoms with E-state index in [1.165, 1.54) is 0 Å². The van der Waals surface area contributed by atoms with Gasteiger partial charge in [0.2, 0.25) is 0 Å². The summed E-state index contributed by atoms with van der Waals surface area (Å²) in [6.07, 6.45) is -0.516. The minimum Gasteiger partial charge on any atom is -0.354 e. The number of halogens is 1. The van der Waals surface area contributed by atoms with Crippen molar-refractivity contribution in [2.75, 3.05) is 5.32 Å². The van der Waals surface area contributed by atoms with Gasteiger partial charge in [0.05, 0.1) is 0 Å². The van der Waals surface area contributed by atoms with E-state index in [2.05, 4.69) is 21.2 Å². The van der Waals surface area contributed by atoms with Crippen molar-refractivity contribution in [3.8, 4) is 0 Å². The van der Waals surface area contributed by atoms with E-state index in [4.69, 9.17) is 4.74 Å². The lowest BCUT2D eigenvalue weighted by Gasteiger charge is -2.02. The van der Waals surface area contributed by atoms with Crippen molar-refractivity contribution >= 4 is 27.5 Å². The van der Waals surface area contributed by atoms with Crippen molar-refractivity contribution in [3.63, 3.8) is 0 Å². The summed E-state index contributed by atoms with van der Waals surface area (Å²) >= 11 is 3.38. The largest absolute Gasteiger partial charge is 0.354 e. The molecule has 3 rings (SSSR count). The summed E-state index contributed by atoms with van der Waals surface area (Å²) in [6.45, 7) is 0. The molecule has 2 atom stereocenters. The molecule has 4 heteroatoms. The Labute approximate surface area is 119 Å². The smallest absolute Gasteiger partial charge is 0.256 e. The fourth-order valence-corrected chi connectivity index (χ4v) is 2.22. The Hall–Kier alpha value is -1.65. The van der Waals surface area contributed by atoms with Crippen molar-refractivity contribution < 1.29 is 9.53 Å². The Bertz CT molecular complexity index is 583. The number of hydrogen-bond acceptors (Lipinski definition) is 2. The molecule has 0 aliphatic carbocycles. The number of amides is 1. The molecule has 1 aliphatic heterocycles. The molecular formula is C15H12BrNO2. The van der Waals surface area contributed by atoms with Crippen molar-refractivity contribution in [2.45, 2.75) is 12.2 Å². The monoisotopic (exact) mass is 317 g/mol. The molecule has 0 aromatic heterocycles. The summed E-state index contributed by atoms with van der Waals surface area (Å²) in [4.78, 5) is 12.0. The van der Waals surface area contributed by atoms with Crippen molar-refractivity contribution in [1.29, 1.82) is 0 Å². The van der Waals surface area contributed by atoms with E-state index in [0.29, 0.717) is 0 Å². The molecule has 0 unspecified atom stereocenters. The third kappa shape index (κ3) is 2.85. The minimum atomic E-state index is -0.388. The zero-order chi connectivity index (χ0) is 13.2. The van der Waals surface area contributed by atoms with E-state index in [1.807, 2.05) is 54.6 Å². The normalized spacial score (nSPS) is 20.9. The van der Waals surface area contributed by atoms with Crippen LogP contribution in [0.3, 0.4) is 0 Å². The number of ether oxygens (including phenoxy) is 1. The summed E-state index contributed by atoms with van der Waals surface area (Å²) in [6, 6.07) is 17.2. The van der Waals surface area contributed by atoms with Crippen molar-refractivity contribution in [2.24, 2.45) is 0 Å². The second kappa shape index (κ2) is 5.15. The lowest BCUT2D eigenvalue weighted by Crippen LogP contribution is -2.18. The van der Waals surface area contributed by atoms with E-state index < -0.39 is 0 Å². The molecule has 1 heterocycles. The van der Waals surface area contributed by atoms with E-state index in [0.717, 1.165) is 15.7 Å². The highest BCUT2D eigenvalue weighted by atomic mass is 79.9. The molecule has 3 nitrogen and oxygen atoms in total. The second-order valence-electron chi connectivity index (χ2n) is 4.38. The van der Waals surface area contributed by atoms with Crippen LogP contribution in [-0.2, 0) is 9.53 Å². The molecule has 0 bridgehead atoms. The first-order valence-corrected chi connectivity index (χ1v) is 6.80. The lowest BCUT2D eigenvalue weighted by molar-refractivity contribution is -0.117. The molecule has 1 saturated heterocycles. The maximum Gasteiger partial charge on any atom is 0.256 e. The number of benzene rings is 2. The van der Waals surface area contributed by atoms with Gasteiger partial charge >= 0.3 is 0 Å². The first-order valence-electron chi connectivity index (χ1n) is 6.01. The molecule has 1 fully saturated rings. The number of anilines is 1. The van der Waals surface area contributed by atoms with Crippen LogP contribution in [0.25, 0.3) is 0 Å². The third-order valence-electron chi connectivity index (χ3n) is 2.99. The van der Waals surface area contributed by atoms with Crippen LogP contribution < -0.4 is 5.32 Å². The van der Waals surface area contributed by atoms with Crippen LogP contribution in [0.15, 0.2) is 59.1 Å². The molecule has 96 valence electrons. The zero-order valence-electron chi connectivity index (χ0n) is 10.0. The Morgan fingerprint density at radius 2 is 1.74 bits per heavy atom. The first kappa shape index (κ1) is 12.4. The van der Waals surface area contributed by atoms with Gasteiger partial charge in [0.15, 0.2) is 6.10 Å². The molecule has 2 aromatic carbocycles. The highest BCUT2D eigenvalue weighted by Crippen LogP contribution is 2.39. The van der Waals surface area contributed by atoms with Gasteiger partial charge in [0.1, 0.15) is 6.10 Å². The Morgan fingerprint density at radius 1 is 1.05 bits per heavy atom. The maximum atomic E-state index is 12.0. The van der Waals surface area contributed by atoms with Gasteiger partial charge in [-0.25, -0.2) is 0 Å². The van der Waals surface area contributed by atoms with Crippen LogP contribution in [0.2, 0.25) is 0 Å². The maximum absolute atomic E-state index is 12.0. The van der Waals surface area contributed by atoms with Crippen LogP contribution in [0.5, 0.6) is 0 Å². The average Bonchev–Trinajstić information content (AvgIpc) is 3.21. The molecule has 1 amide bonds. The fraction of sp³-hybridized carbons (Fsp3) is 0.133. The molecule has 0 saturated carbocycles. The van der Waals surface area contributed by atoms with E-state index in [1.54, 1.807) is 0 Å². The number of hydrogen-bond donors (Lipinski definition) is 1. The minimum absolute atomic E-state index is 0.0980. The quantitative estimate of drug-likeness (QED) is 0.880. The SMILES string of the molecule is O=C(Nc1ccccc1)[C@@H]1O[C@@H]1c1ccc(Br)cc1. The van der Waals surface area contributed by atoms with E-state index in [-0.39, 0.29) is 18.1 Å².